The van der Waals surface area contributed by atoms with E-state index >= 15 is 0 Å². The second-order valence-corrected chi connectivity index (χ2v) is 12.6. The number of nitrogen functional groups attached to an aromatic ring is 1. The van der Waals surface area contributed by atoms with Crippen LogP contribution in [0.3, 0.4) is 0 Å². The van der Waals surface area contributed by atoms with Crippen LogP contribution in [0, 0.1) is 11.3 Å². The molecular weight excluding hydrogens is 462 g/mol. The maximum atomic E-state index is 11.2. The third-order valence-corrected chi connectivity index (χ3v) is 10.4. The van der Waals surface area contributed by atoms with E-state index in [4.69, 9.17) is 10.5 Å². The Morgan fingerprint density at radius 3 is 2.73 bits per heavy atom. The van der Waals surface area contributed by atoms with Gasteiger partial charge in [-0.05, 0) is 92.9 Å². The minimum absolute atomic E-state index is 0.0485. The lowest BCUT2D eigenvalue weighted by molar-refractivity contribution is -0.162. The topological polar surface area (TPSA) is 91.8 Å². The summed E-state index contributed by atoms with van der Waals surface area (Å²) in [5, 5.41) is 24.4. The van der Waals surface area contributed by atoms with Gasteiger partial charge in [0.2, 0.25) is 0 Å². The zero-order valence-electron chi connectivity index (χ0n) is 22.2. The first kappa shape index (κ1) is 23.6. The quantitative estimate of drug-likeness (QED) is 0.573. The third-order valence-electron chi connectivity index (χ3n) is 10.4. The summed E-state index contributed by atoms with van der Waals surface area (Å²) in [4.78, 5) is 6.35. The standard InChI is InChI=1S/C31H37N3O3/c1-17-14-29(2)21(19-6-5-18-12-26(32)33-16-20(18)11-19)7-8-25(29)31-10-9-30(37-31)15-24(34(3)4)28(36)27(35)23(30)13-22(17)31/h5-7,11-13,16,24-25,27-28,35-36H,8-10,14-15H2,1-4H3,(H2,32,33)/t24-,25?,27+,28+,29+,30+,31+/m0/s1. The summed E-state index contributed by atoms with van der Waals surface area (Å²) < 4.78 is 7.32. The largest absolute Gasteiger partial charge is 0.388 e. The van der Waals surface area contributed by atoms with E-state index in [0.717, 1.165) is 42.0 Å². The lowest BCUT2D eigenvalue weighted by Gasteiger charge is -2.56. The fraction of sp³-hybridized carbons (Fsp3) is 0.516. The molecule has 0 amide bonds. The van der Waals surface area contributed by atoms with Crippen molar-refractivity contribution >= 4 is 22.2 Å². The van der Waals surface area contributed by atoms with Gasteiger partial charge in [-0.2, -0.15) is 0 Å². The van der Waals surface area contributed by atoms with Crippen LogP contribution in [0.4, 0.5) is 5.82 Å². The highest BCUT2D eigenvalue weighted by Crippen LogP contribution is 2.69. The second-order valence-electron chi connectivity index (χ2n) is 12.6. The van der Waals surface area contributed by atoms with Gasteiger partial charge in [-0.15, -0.1) is 0 Å². The van der Waals surface area contributed by atoms with Crippen LogP contribution in [0.1, 0.15) is 51.5 Å². The summed E-state index contributed by atoms with van der Waals surface area (Å²) in [7, 11) is 3.96. The van der Waals surface area contributed by atoms with Gasteiger partial charge < -0.3 is 25.6 Å². The number of likely N-dealkylation sites (N-methyl/N-ethyl adjacent to an activating group) is 1. The molecule has 2 aliphatic heterocycles. The molecule has 3 heterocycles. The number of aromatic nitrogens is 1. The Balaban J connectivity index is 1.32. The fourth-order valence-corrected chi connectivity index (χ4v) is 8.78. The maximum absolute atomic E-state index is 11.2. The average molecular weight is 500 g/mol. The molecule has 6 heteroatoms. The summed E-state index contributed by atoms with van der Waals surface area (Å²) in [5.74, 6) is 0.869. The minimum Gasteiger partial charge on any atom is -0.388 e. The van der Waals surface area contributed by atoms with E-state index in [-0.39, 0.29) is 17.1 Å². The molecule has 4 N–H and O–H groups in total. The highest BCUT2D eigenvalue weighted by Gasteiger charge is 2.68. The number of allylic oxidation sites excluding steroid dienone is 3. The predicted octanol–water partition coefficient (Wildman–Crippen LogP) is 4.23. The van der Waals surface area contributed by atoms with Crippen molar-refractivity contribution in [3.05, 3.63) is 64.9 Å². The Morgan fingerprint density at radius 2 is 1.95 bits per heavy atom. The number of fused-ring (bicyclic) bond motifs is 2. The van der Waals surface area contributed by atoms with Crippen LogP contribution in [0.5, 0.6) is 0 Å². The van der Waals surface area contributed by atoms with Gasteiger partial charge in [-0.25, -0.2) is 4.98 Å². The number of nitrogens with two attached hydrogens (primary N) is 1. The average Bonchev–Trinajstić information content (AvgIpc) is 3.36. The predicted molar refractivity (Wildman–Crippen MR) is 146 cm³/mol. The van der Waals surface area contributed by atoms with Gasteiger partial charge in [-0.1, -0.05) is 36.8 Å². The molecule has 2 fully saturated rings. The molecule has 1 saturated carbocycles. The van der Waals surface area contributed by atoms with Crippen LogP contribution in [-0.2, 0) is 4.74 Å². The van der Waals surface area contributed by atoms with Crippen LogP contribution in [0.15, 0.2) is 59.3 Å². The summed E-state index contributed by atoms with van der Waals surface area (Å²) in [6.45, 7) is 4.66. The van der Waals surface area contributed by atoms with Crippen molar-refractivity contribution in [3.63, 3.8) is 0 Å². The molecule has 7 atom stereocenters. The second kappa shape index (κ2) is 7.54. The Labute approximate surface area is 218 Å². The zero-order chi connectivity index (χ0) is 25.9. The molecule has 37 heavy (non-hydrogen) atoms. The number of hydrogen-bond donors (Lipinski definition) is 3. The number of ether oxygens (including phenoxy) is 1. The molecule has 1 aromatic heterocycles. The van der Waals surface area contributed by atoms with Crippen molar-refractivity contribution in [1.82, 2.24) is 9.88 Å². The van der Waals surface area contributed by atoms with Crippen LogP contribution >= 0.6 is 0 Å². The first-order valence-corrected chi connectivity index (χ1v) is 13.6. The summed E-state index contributed by atoms with van der Waals surface area (Å²) in [6.07, 6.45) is 9.31. The van der Waals surface area contributed by atoms with Crippen molar-refractivity contribution in [1.29, 1.82) is 0 Å². The van der Waals surface area contributed by atoms with Gasteiger partial charge in [0.25, 0.3) is 0 Å². The lowest BCUT2D eigenvalue weighted by atomic mass is 9.56. The van der Waals surface area contributed by atoms with Crippen molar-refractivity contribution < 1.29 is 14.9 Å². The molecule has 2 spiro atoms. The molecule has 2 bridgehead atoms. The number of aliphatic hydroxyl groups excluding tert-OH is 2. The number of benzene rings is 1. The maximum Gasteiger partial charge on any atom is 0.123 e. The smallest absolute Gasteiger partial charge is 0.123 e. The van der Waals surface area contributed by atoms with Crippen molar-refractivity contribution in [3.8, 4) is 0 Å². The highest BCUT2D eigenvalue weighted by molar-refractivity contribution is 5.88. The lowest BCUT2D eigenvalue weighted by Crippen LogP contribution is -2.62. The van der Waals surface area contributed by atoms with E-state index in [1.54, 1.807) is 0 Å². The summed E-state index contributed by atoms with van der Waals surface area (Å²) in [5.41, 5.74) is 11.1. The van der Waals surface area contributed by atoms with Crippen LogP contribution in [0.2, 0.25) is 0 Å². The van der Waals surface area contributed by atoms with Crippen molar-refractivity contribution in [2.45, 2.75) is 75.4 Å². The molecule has 1 aromatic carbocycles. The van der Waals surface area contributed by atoms with Gasteiger partial charge in [0, 0.05) is 29.0 Å². The third kappa shape index (κ3) is 2.98. The number of hydrogen-bond acceptors (Lipinski definition) is 6. The van der Waals surface area contributed by atoms with Crippen LogP contribution in [-0.4, -0.2) is 63.6 Å². The molecular formula is C31H37N3O3. The summed E-state index contributed by atoms with van der Waals surface area (Å²) >= 11 is 0. The highest BCUT2D eigenvalue weighted by atomic mass is 16.5. The fourth-order valence-electron chi connectivity index (χ4n) is 8.78. The number of nitrogens with zero attached hydrogens (tertiary/aromatic N) is 2. The molecule has 7 rings (SSSR count). The van der Waals surface area contributed by atoms with Crippen LogP contribution < -0.4 is 5.73 Å². The van der Waals surface area contributed by atoms with Crippen molar-refractivity contribution in [2.24, 2.45) is 11.3 Å². The molecule has 0 radical (unpaired) electrons. The number of pyridine rings is 1. The van der Waals surface area contributed by atoms with E-state index in [1.807, 2.05) is 31.3 Å². The monoisotopic (exact) mass is 499 g/mol. The molecule has 1 saturated heterocycles. The van der Waals surface area contributed by atoms with Crippen molar-refractivity contribution in [2.75, 3.05) is 19.8 Å². The molecule has 3 aliphatic carbocycles. The molecule has 1 unspecified atom stereocenters. The Bertz CT molecular complexity index is 1430. The van der Waals surface area contributed by atoms with E-state index in [0.29, 0.717) is 18.2 Å². The number of aliphatic hydroxyl groups is 2. The number of rotatable bonds is 2. The van der Waals surface area contributed by atoms with E-state index < -0.39 is 17.8 Å². The summed E-state index contributed by atoms with van der Waals surface area (Å²) in [6, 6.07) is 8.43. The Morgan fingerprint density at radius 1 is 1.14 bits per heavy atom. The Kier molecular flexibility index (Phi) is 4.81. The van der Waals surface area contributed by atoms with Gasteiger partial charge in [0.05, 0.1) is 17.3 Å². The van der Waals surface area contributed by atoms with E-state index in [1.165, 1.54) is 22.3 Å². The zero-order valence-corrected chi connectivity index (χ0v) is 22.2. The van der Waals surface area contributed by atoms with Gasteiger partial charge in [0.1, 0.15) is 11.9 Å². The minimum atomic E-state index is -0.900. The van der Waals surface area contributed by atoms with Gasteiger partial charge in [-0.3, -0.25) is 0 Å². The molecule has 194 valence electrons. The van der Waals surface area contributed by atoms with E-state index in [9.17, 15) is 10.2 Å². The number of anilines is 1. The molecule has 6 nitrogen and oxygen atoms in total. The van der Waals surface area contributed by atoms with E-state index in [2.05, 4.69) is 49.2 Å². The van der Waals surface area contributed by atoms with Gasteiger partial charge in [0.15, 0.2) is 0 Å². The Hall–Kier alpha value is -2.51. The first-order chi connectivity index (χ1) is 17.6. The SMILES string of the molecule is CC1=C2C=C3[C@@H](O)[C@H](O)[C@@H](N(C)C)C[C@]34CC[C@]2(O4)C2CC=C(c3ccc4cc(N)ncc4c3)[C@@]2(C)C1. The van der Waals surface area contributed by atoms with Gasteiger partial charge >= 0.3 is 0 Å². The van der Waals surface area contributed by atoms with Crippen LogP contribution in [0.25, 0.3) is 16.3 Å². The first-order valence-electron chi connectivity index (χ1n) is 13.6. The molecule has 2 aromatic rings. The molecule has 5 aliphatic rings. The normalized spacial score (nSPS) is 40.4.